The molecule has 1 heterocycles. The lowest BCUT2D eigenvalue weighted by Crippen LogP contribution is -2.40. The van der Waals surface area contributed by atoms with Crippen molar-refractivity contribution in [3.05, 3.63) is 17.0 Å². The minimum Gasteiger partial charge on any atom is -0.481 e. The summed E-state index contributed by atoms with van der Waals surface area (Å²) in [5, 5.41) is 17.4. The first-order valence-corrected chi connectivity index (χ1v) is 7.55. The minimum atomic E-state index is -3.94. The summed E-state index contributed by atoms with van der Waals surface area (Å²) in [6.07, 6.45) is -0.739. The van der Waals surface area contributed by atoms with E-state index in [9.17, 15) is 18.0 Å². The van der Waals surface area contributed by atoms with Crippen molar-refractivity contribution in [3.8, 4) is 0 Å². The van der Waals surface area contributed by atoms with E-state index in [-0.39, 0.29) is 10.6 Å². The first kappa shape index (κ1) is 15.6. The number of carboxylic acid groups (broad SMARTS) is 2. The van der Waals surface area contributed by atoms with Crippen LogP contribution in [0.1, 0.15) is 17.7 Å². The maximum Gasteiger partial charge on any atom is 0.321 e. The highest BCUT2D eigenvalue weighted by Crippen LogP contribution is 2.21. The summed E-state index contributed by atoms with van der Waals surface area (Å²) >= 11 is 1.01. The number of aliphatic carboxylic acids is 2. The van der Waals surface area contributed by atoms with Gasteiger partial charge >= 0.3 is 11.9 Å². The highest BCUT2D eigenvalue weighted by molar-refractivity contribution is 7.91. The van der Waals surface area contributed by atoms with Crippen LogP contribution in [-0.2, 0) is 19.6 Å². The molecule has 0 aliphatic heterocycles. The molecule has 0 fully saturated rings. The van der Waals surface area contributed by atoms with Gasteiger partial charge < -0.3 is 10.2 Å². The Labute approximate surface area is 113 Å². The summed E-state index contributed by atoms with van der Waals surface area (Å²) in [7, 11) is -3.94. The maximum absolute atomic E-state index is 11.9. The summed E-state index contributed by atoms with van der Waals surface area (Å²) in [5.41, 5.74) is 0. The number of carbonyl (C=O) groups is 2. The van der Waals surface area contributed by atoms with Crippen LogP contribution in [0.25, 0.3) is 0 Å². The molecule has 0 aromatic carbocycles. The number of hydrogen-bond acceptors (Lipinski definition) is 5. The molecule has 0 aliphatic rings. The van der Waals surface area contributed by atoms with Gasteiger partial charge in [0.05, 0.1) is 0 Å². The predicted octanol–water partition coefficient (Wildman–Crippen LogP) is 0.653. The summed E-state index contributed by atoms with van der Waals surface area (Å²) in [4.78, 5) is 22.1. The average Bonchev–Trinajstić information content (AvgIpc) is 2.71. The molecule has 1 atom stereocenters. The highest BCUT2D eigenvalue weighted by atomic mass is 32.2. The van der Waals surface area contributed by atoms with Crippen molar-refractivity contribution in [1.29, 1.82) is 0 Å². The first-order valence-electron chi connectivity index (χ1n) is 5.26. The average molecular weight is 307 g/mol. The fraction of sp³-hybridized carbons (Fsp3) is 0.400. The van der Waals surface area contributed by atoms with E-state index in [0.717, 1.165) is 16.2 Å². The predicted molar refractivity (Wildman–Crippen MR) is 67.7 cm³/mol. The third kappa shape index (κ3) is 4.62. The number of sulfonamides is 1. The quantitative estimate of drug-likeness (QED) is 0.680. The van der Waals surface area contributed by atoms with Crippen LogP contribution >= 0.6 is 11.3 Å². The Kier molecular flexibility index (Phi) is 5.04. The van der Waals surface area contributed by atoms with Crippen LogP contribution in [0.3, 0.4) is 0 Å². The van der Waals surface area contributed by atoms with Crippen LogP contribution in [0.4, 0.5) is 0 Å². The Morgan fingerprint density at radius 3 is 2.42 bits per heavy atom. The molecule has 0 saturated heterocycles. The van der Waals surface area contributed by atoms with Gasteiger partial charge in [0.2, 0.25) is 0 Å². The summed E-state index contributed by atoms with van der Waals surface area (Å²) < 4.78 is 25.8. The molecule has 0 saturated carbocycles. The van der Waals surface area contributed by atoms with E-state index in [1.165, 1.54) is 6.07 Å². The molecular weight excluding hydrogens is 294 g/mol. The summed E-state index contributed by atoms with van der Waals surface area (Å²) in [5.74, 6) is -2.59. The first-order chi connectivity index (χ1) is 8.72. The molecule has 0 bridgehead atoms. The largest absolute Gasteiger partial charge is 0.481 e. The molecule has 0 aliphatic carbocycles. The molecule has 19 heavy (non-hydrogen) atoms. The van der Waals surface area contributed by atoms with Crippen molar-refractivity contribution in [1.82, 2.24) is 4.72 Å². The van der Waals surface area contributed by atoms with E-state index < -0.39 is 34.4 Å². The monoisotopic (exact) mass is 307 g/mol. The molecule has 3 N–H and O–H groups in total. The fourth-order valence-electron chi connectivity index (χ4n) is 1.30. The van der Waals surface area contributed by atoms with Crippen molar-refractivity contribution in [2.24, 2.45) is 0 Å². The standard InChI is InChI=1S/C10H13NO6S2/c1-6-2-5-9(18-6)19(16,17)11-7(10(14)15)3-4-8(12)13/h2,5,7,11H,3-4H2,1H3,(H,12,13)(H,14,15). The highest BCUT2D eigenvalue weighted by Gasteiger charge is 2.26. The van der Waals surface area contributed by atoms with Gasteiger partial charge in [-0.05, 0) is 25.5 Å². The number of nitrogens with one attached hydrogen (secondary N) is 1. The second-order valence-corrected chi connectivity index (χ2v) is 7.04. The SMILES string of the molecule is Cc1ccc(S(=O)(=O)NC(CCC(=O)O)C(=O)O)s1. The topological polar surface area (TPSA) is 121 Å². The van der Waals surface area contributed by atoms with Gasteiger partial charge in [0, 0.05) is 11.3 Å². The zero-order chi connectivity index (χ0) is 14.6. The van der Waals surface area contributed by atoms with E-state index in [1.54, 1.807) is 13.0 Å². The second-order valence-electron chi connectivity index (χ2n) is 3.81. The molecular formula is C10H13NO6S2. The van der Waals surface area contributed by atoms with Gasteiger partial charge in [0.15, 0.2) is 0 Å². The number of thiophene rings is 1. The molecule has 9 heteroatoms. The van der Waals surface area contributed by atoms with E-state index in [1.807, 2.05) is 4.72 Å². The number of rotatable bonds is 7. The molecule has 7 nitrogen and oxygen atoms in total. The lowest BCUT2D eigenvalue weighted by atomic mass is 10.2. The van der Waals surface area contributed by atoms with E-state index in [2.05, 4.69) is 0 Å². The number of hydrogen-bond donors (Lipinski definition) is 3. The summed E-state index contributed by atoms with van der Waals surface area (Å²) in [6.45, 7) is 1.72. The van der Waals surface area contributed by atoms with Gasteiger partial charge in [0.25, 0.3) is 10.0 Å². The summed E-state index contributed by atoms with van der Waals surface area (Å²) in [6, 6.07) is 1.52. The third-order valence-corrected chi connectivity index (χ3v) is 5.19. The van der Waals surface area contributed by atoms with Gasteiger partial charge in [-0.2, -0.15) is 4.72 Å². The Balaban J connectivity index is 2.84. The molecule has 0 spiro atoms. The lowest BCUT2D eigenvalue weighted by molar-refractivity contribution is -0.140. The van der Waals surface area contributed by atoms with E-state index >= 15 is 0 Å². The van der Waals surface area contributed by atoms with Crippen molar-refractivity contribution < 1.29 is 28.2 Å². The van der Waals surface area contributed by atoms with Crippen molar-refractivity contribution in [2.45, 2.75) is 30.0 Å². The van der Waals surface area contributed by atoms with E-state index in [0.29, 0.717) is 0 Å². The number of carboxylic acids is 2. The molecule has 106 valence electrons. The third-order valence-electron chi connectivity index (χ3n) is 2.22. The number of aryl methyl sites for hydroxylation is 1. The van der Waals surface area contributed by atoms with Crippen molar-refractivity contribution in [2.75, 3.05) is 0 Å². The molecule has 1 rings (SSSR count). The van der Waals surface area contributed by atoms with Crippen LogP contribution in [0.2, 0.25) is 0 Å². The molecule has 0 amide bonds. The Hall–Kier alpha value is -1.45. The fourth-order valence-corrected chi connectivity index (χ4v) is 3.83. The van der Waals surface area contributed by atoms with Gasteiger partial charge in [-0.3, -0.25) is 9.59 Å². The van der Waals surface area contributed by atoms with Crippen LogP contribution in [0, 0.1) is 6.92 Å². The Morgan fingerprint density at radius 1 is 1.37 bits per heavy atom. The lowest BCUT2D eigenvalue weighted by Gasteiger charge is -2.12. The zero-order valence-electron chi connectivity index (χ0n) is 9.99. The van der Waals surface area contributed by atoms with E-state index in [4.69, 9.17) is 10.2 Å². The van der Waals surface area contributed by atoms with Crippen molar-refractivity contribution in [3.63, 3.8) is 0 Å². The second kappa shape index (κ2) is 6.13. The molecule has 1 unspecified atom stereocenters. The van der Waals surface area contributed by atoms with Crippen LogP contribution in [-0.4, -0.2) is 36.6 Å². The van der Waals surface area contributed by atoms with Gasteiger partial charge in [-0.1, -0.05) is 0 Å². The minimum absolute atomic E-state index is 0.00609. The Morgan fingerprint density at radius 2 is 2.00 bits per heavy atom. The molecule has 0 radical (unpaired) electrons. The molecule has 1 aromatic rings. The smallest absolute Gasteiger partial charge is 0.321 e. The maximum atomic E-state index is 11.9. The molecule has 1 aromatic heterocycles. The van der Waals surface area contributed by atoms with Crippen molar-refractivity contribution >= 4 is 33.3 Å². The van der Waals surface area contributed by atoms with Gasteiger partial charge in [-0.25, -0.2) is 8.42 Å². The normalized spacial score (nSPS) is 13.1. The Bertz CT molecular complexity index is 577. The van der Waals surface area contributed by atoms with Gasteiger partial charge in [0.1, 0.15) is 10.3 Å². The van der Waals surface area contributed by atoms with Crippen LogP contribution < -0.4 is 4.72 Å². The van der Waals surface area contributed by atoms with Gasteiger partial charge in [-0.15, -0.1) is 11.3 Å². The van der Waals surface area contributed by atoms with Crippen LogP contribution in [0.15, 0.2) is 16.3 Å². The zero-order valence-corrected chi connectivity index (χ0v) is 11.6. The van der Waals surface area contributed by atoms with Crippen LogP contribution in [0.5, 0.6) is 0 Å².